The van der Waals surface area contributed by atoms with Crippen molar-refractivity contribution in [2.24, 2.45) is 16.8 Å². The van der Waals surface area contributed by atoms with Crippen molar-refractivity contribution in [3.05, 3.63) is 0 Å². The van der Waals surface area contributed by atoms with Gasteiger partial charge in [-0.15, -0.1) is 24.0 Å². The smallest absolute Gasteiger partial charge is 0.194 e. The van der Waals surface area contributed by atoms with Gasteiger partial charge in [0.2, 0.25) is 0 Å². The number of nitrogens with one attached hydrogen (secondary N) is 1. The van der Waals surface area contributed by atoms with Gasteiger partial charge in [0.1, 0.15) is 0 Å². The van der Waals surface area contributed by atoms with E-state index in [0.717, 1.165) is 37.4 Å². The summed E-state index contributed by atoms with van der Waals surface area (Å²) in [6.07, 6.45) is 6.31. The molecule has 0 spiro atoms. The van der Waals surface area contributed by atoms with Gasteiger partial charge in [0, 0.05) is 37.5 Å². The molecule has 1 N–H and O–H groups in total. The maximum Gasteiger partial charge on any atom is 0.194 e. The minimum atomic E-state index is 0. The Hall–Kier alpha value is -0.0400. The number of likely N-dealkylation sites (tertiary alicyclic amines) is 1. The summed E-state index contributed by atoms with van der Waals surface area (Å²) in [5.41, 5.74) is 0. The Bertz CT molecular complexity index is 354. The fourth-order valence-electron chi connectivity index (χ4n) is 3.93. The maximum atomic E-state index is 6.03. The van der Waals surface area contributed by atoms with Crippen molar-refractivity contribution in [2.75, 3.05) is 19.6 Å². The van der Waals surface area contributed by atoms with Crippen LogP contribution in [0.5, 0.6) is 0 Å². The zero-order chi connectivity index (χ0) is 12.1. The number of rotatable bonds is 2. The molecular weight excluding hydrogens is 353 g/mol. The summed E-state index contributed by atoms with van der Waals surface area (Å²) in [5, 5.41) is 3.61. The molecule has 3 aliphatic heterocycles. The molecule has 0 aromatic heterocycles. The van der Waals surface area contributed by atoms with Crippen molar-refractivity contribution in [2.45, 2.75) is 50.9 Å². The molecule has 4 rings (SSSR count). The first-order valence-corrected chi connectivity index (χ1v) is 7.56. The van der Waals surface area contributed by atoms with Gasteiger partial charge < -0.3 is 15.0 Å². The van der Waals surface area contributed by atoms with Crippen LogP contribution in [0.25, 0.3) is 0 Å². The van der Waals surface area contributed by atoms with Gasteiger partial charge in [0.15, 0.2) is 5.96 Å². The highest BCUT2D eigenvalue weighted by Gasteiger charge is 2.53. The van der Waals surface area contributed by atoms with E-state index in [4.69, 9.17) is 4.74 Å². The van der Waals surface area contributed by atoms with E-state index in [9.17, 15) is 0 Å². The monoisotopic (exact) mass is 377 g/mol. The second-order valence-corrected chi connectivity index (χ2v) is 6.24. The van der Waals surface area contributed by atoms with Crippen LogP contribution in [0.3, 0.4) is 0 Å². The minimum Gasteiger partial charge on any atom is -0.374 e. The van der Waals surface area contributed by atoms with E-state index in [1.807, 2.05) is 0 Å². The quantitative estimate of drug-likeness (QED) is 0.453. The molecule has 4 aliphatic rings. The molecule has 108 valence electrons. The molecule has 1 aliphatic carbocycles. The van der Waals surface area contributed by atoms with E-state index in [1.54, 1.807) is 0 Å². The van der Waals surface area contributed by atoms with Gasteiger partial charge in [-0.2, -0.15) is 0 Å². The van der Waals surface area contributed by atoms with Gasteiger partial charge in [0.25, 0.3) is 0 Å². The molecule has 4 fully saturated rings. The number of hydrogen-bond donors (Lipinski definition) is 1. The van der Waals surface area contributed by atoms with Crippen LogP contribution in [-0.4, -0.2) is 48.7 Å². The molecule has 4 atom stereocenters. The predicted molar refractivity (Wildman–Crippen MR) is 86.0 cm³/mol. The molecule has 0 aromatic carbocycles. The molecule has 3 saturated heterocycles. The Morgan fingerprint density at radius 2 is 1.79 bits per heavy atom. The highest BCUT2D eigenvalue weighted by molar-refractivity contribution is 14.0. The molecule has 4 unspecified atom stereocenters. The fourth-order valence-corrected chi connectivity index (χ4v) is 3.93. The van der Waals surface area contributed by atoms with Crippen molar-refractivity contribution in [1.82, 2.24) is 10.2 Å². The summed E-state index contributed by atoms with van der Waals surface area (Å²) in [6, 6.07) is 0.698. The number of fused-ring (bicyclic) bond motifs is 5. The van der Waals surface area contributed by atoms with Crippen LogP contribution in [0, 0.1) is 11.8 Å². The topological polar surface area (TPSA) is 36.9 Å². The first-order valence-electron chi connectivity index (χ1n) is 7.56. The van der Waals surface area contributed by atoms with Crippen LogP contribution in [0.1, 0.15) is 32.6 Å². The van der Waals surface area contributed by atoms with Crippen LogP contribution in [0.2, 0.25) is 0 Å². The standard InChI is InChI=1S/C14H23N3O.HI/c1-2-15-14(16-9-3-4-9)17-7-10-11(8-17)13-6-5-12(10)18-13;/h9-13H,2-8H2,1H3,(H,15,16);1H. The van der Waals surface area contributed by atoms with Crippen molar-refractivity contribution in [3.63, 3.8) is 0 Å². The van der Waals surface area contributed by atoms with Crippen molar-refractivity contribution >= 4 is 29.9 Å². The van der Waals surface area contributed by atoms with E-state index in [-0.39, 0.29) is 24.0 Å². The number of guanidine groups is 1. The Balaban J connectivity index is 0.00000110. The van der Waals surface area contributed by atoms with E-state index < -0.39 is 0 Å². The van der Waals surface area contributed by atoms with Crippen molar-refractivity contribution in [3.8, 4) is 0 Å². The van der Waals surface area contributed by atoms with Crippen LogP contribution in [-0.2, 0) is 4.74 Å². The number of aliphatic imine (C=N–C) groups is 1. The summed E-state index contributed by atoms with van der Waals surface area (Å²) in [4.78, 5) is 7.17. The minimum absolute atomic E-state index is 0. The van der Waals surface area contributed by atoms with E-state index in [0.29, 0.717) is 18.2 Å². The van der Waals surface area contributed by atoms with Gasteiger partial charge in [-0.3, -0.25) is 4.99 Å². The first kappa shape index (κ1) is 13.9. The molecule has 0 radical (unpaired) electrons. The van der Waals surface area contributed by atoms with Crippen LogP contribution >= 0.6 is 24.0 Å². The van der Waals surface area contributed by atoms with Crippen LogP contribution < -0.4 is 5.32 Å². The Morgan fingerprint density at radius 1 is 1.16 bits per heavy atom. The SMILES string of the molecule is CCN=C(NC1CC1)N1CC2C3CCC(O3)C2C1.I. The highest BCUT2D eigenvalue weighted by atomic mass is 127. The summed E-state index contributed by atoms with van der Waals surface area (Å²) in [7, 11) is 0. The first-order chi connectivity index (χ1) is 8.85. The molecule has 4 nitrogen and oxygen atoms in total. The molecule has 0 aromatic rings. The summed E-state index contributed by atoms with van der Waals surface area (Å²) in [6.45, 7) is 5.32. The number of ether oxygens (including phenoxy) is 1. The molecule has 1 saturated carbocycles. The van der Waals surface area contributed by atoms with Crippen LogP contribution in [0.4, 0.5) is 0 Å². The maximum absolute atomic E-state index is 6.03. The zero-order valence-electron chi connectivity index (χ0n) is 11.5. The van der Waals surface area contributed by atoms with E-state index in [1.165, 1.54) is 25.7 Å². The Kier molecular flexibility index (Phi) is 3.95. The highest BCUT2D eigenvalue weighted by Crippen LogP contribution is 2.47. The van der Waals surface area contributed by atoms with E-state index in [2.05, 4.69) is 22.1 Å². The number of halogens is 1. The Morgan fingerprint density at radius 3 is 2.32 bits per heavy atom. The van der Waals surface area contributed by atoms with Gasteiger partial charge in [-0.25, -0.2) is 0 Å². The number of hydrogen-bond acceptors (Lipinski definition) is 2. The number of nitrogens with zero attached hydrogens (tertiary/aromatic N) is 2. The van der Waals surface area contributed by atoms with Crippen molar-refractivity contribution < 1.29 is 4.74 Å². The molecule has 2 bridgehead atoms. The molecular formula is C14H24IN3O. The molecule has 5 heteroatoms. The third kappa shape index (κ3) is 2.48. The summed E-state index contributed by atoms with van der Waals surface area (Å²) in [5.74, 6) is 2.70. The lowest BCUT2D eigenvalue weighted by molar-refractivity contribution is 0.0767. The molecule has 3 heterocycles. The van der Waals surface area contributed by atoms with Crippen LogP contribution in [0.15, 0.2) is 4.99 Å². The fraction of sp³-hybridized carbons (Fsp3) is 0.929. The van der Waals surface area contributed by atoms with Gasteiger partial charge in [0.05, 0.1) is 12.2 Å². The summed E-state index contributed by atoms with van der Waals surface area (Å²) < 4.78 is 6.03. The lowest BCUT2D eigenvalue weighted by atomic mass is 9.82. The Labute approximate surface area is 132 Å². The third-order valence-corrected chi connectivity index (χ3v) is 4.97. The van der Waals surface area contributed by atoms with E-state index >= 15 is 0 Å². The molecule has 19 heavy (non-hydrogen) atoms. The average molecular weight is 377 g/mol. The third-order valence-electron chi connectivity index (χ3n) is 4.97. The second-order valence-electron chi connectivity index (χ2n) is 6.24. The molecule has 0 amide bonds. The largest absolute Gasteiger partial charge is 0.374 e. The van der Waals surface area contributed by atoms with Gasteiger partial charge in [-0.1, -0.05) is 0 Å². The van der Waals surface area contributed by atoms with Gasteiger partial charge in [-0.05, 0) is 32.6 Å². The second kappa shape index (κ2) is 5.39. The average Bonchev–Trinajstić information content (AvgIpc) is 2.82. The van der Waals surface area contributed by atoms with Gasteiger partial charge >= 0.3 is 0 Å². The summed E-state index contributed by atoms with van der Waals surface area (Å²) >= 11 is 0. The lowest BCUT2D eigenvalue weighted by Gasteiger charge is -2.23. The normalized spacial score (nSPS) is 40.3. The predicted octanol–water partition coefficient (Wildman–Crippen LogP) is 1.84. The zero-order valence-corrected chi connectivity index (χ0v) is 13.9. The van der Waals surface area contributed by atoms with Crippen molar-refractivity contribution in [1.29, 1.82) is 0 Å². The lowest BCUT2D eigenvalue weighted by Crippen LogP contribution is -2.42.